The highest BCUT2D eigenvalue weighted by Gasteiger charge is 2.19. The number of carbonyl (C=O) groups is 2. The maximum atomic E-state index is 12.1. The summed E-state index contributed by atoms with van der Waals surface area (Å²) in [5.74, 6) is 0.263. The van der Waals surface area contributed by atoms with E-state index in [-0.39, 0.29) is 11.7 Å². The number of hydrogen-bond donors (Lipinski definition) is 1. The second-order valence-electron chi connectivity index (χ2n) is 9.04. The second-order valence-corrected chi connectivity index (χ2v) is 9.04. The molecule has 0 aromatic heterocycles. The summed E-state index contributed by atoms with van der Waals surface area (Å²) in [4.78, 5) is 24.0. The van der Waals surface area contributed by atoms with E-state index >= 15 is 0 Å². The predicted molar refractivity (Wildman–Crippen MR) is 127 cm³/mol. The molecule has 0 atom stereocenters. The number of nitrogens with one attached hydrogen (secondary N) is 1. The second kappa shape index (κ2) is 15.2. The van der Waals surface area contributed by atoms with Gasteiger partial charge in [0.2, 0.25) is 5.91 Å². The lowest BCUT2D eigenvalue weighted by Crippen LogP contribution is -2.11. The first-order valence-corrected chi connectivity index (χ1v) is 12.7. The Hall–Kier alpha value is -1.64. The number of fused-ring (bicyclic) bond motifs is 1. The van der Waals surface area contributed by atoms with E-state index < -0.39 is 0 Å². The average Bonchev–Trinajstić information content (AvgIpc) is 3.11. The Balaban J connectivity index is 1.38. The number of amides is 1. The van der Waals surface area contributed by atoms with Crippen molar-refractivity contribution in [2.24, 2.45) is 0 Å². The van der Waals surface area contributed by atoms with E-state index in [0.29, 0.717) is 12.8 Å². The van der Waals surface area contributed by atoms with Crippen LogP contribution >= 0.6 is 0 Å². The smallest absolute Gasteiger partial charge is 0.224 e. The molecule has 0 aliphatic heterocycles. The van der Waals surface area contributed by atoms with Crippen molar-refractivity contribution in [1.29, 1.82) is 0 Å². The van der Waals surface area contributed by atoms with Crippen molar-refractivity contribution < 1.29 is 9.59 Å². The van der Waals surface area contributed by atoms with Crippen LogP contribution in [0.4, 0.5) is 5.69 Å². The highest BCUT2D eigenvalue weighted by atomic mass is 16.1. The summed E-state index contributed by atoms with van der Waals surface area (Å²) in [7, 11) is 0. The monoisotopic (exact) mass is 413 g/mol. The van der Waals surface area contributed by atoms with Gasteiger partial charge in [-0.1, -0.05) is 103 Å². The van der Waals surface area contributed by atoms with Crippen molar-refractivity contribution in [3.8, 4) is 0 Å². The van der Waals surface area contributed by atoms with E-state index in [9.17, 15) is 9.59 Å². The molecule has 0 heterocycles. The lowest BCUT2D eigenvalue weighted by Gasteiger charge is -2.07. The molecule has 0 saturated heterocycles. The first kappa shape index (κ1) is 24.6. The van der Waals surface area contributed by atoms with Crippen molar-refractivity contribution >= 4 is 17.4 Å². The number of benzene rings is 1. The van der Waals surface area contributed by atoms with Crippen LogP contribution in [0.25, 0.3) is 0 Å². The average molecular weight is 414 g/mol. The van der Waals surface area contributed by atoms with Gasteiger partial charge in [0.25, 0.3) is 0 Å². The lowest BCUT2D eigenvalue weighted by atomic mass is 10.0. The molecule has 0 fully saturated rings. The van der Waals surface area contributed by atoms with Crippen LogP contribution in [-0.2, 0) is 11.2 Å². The topological polar surface area (TPSA) is 46.2 Å². The van der Waals surface area contributed by atoms with Gasteiger partial charge in [0.05, 0.1) is 0 Å². The summed E-state index contributed by atoms with van der Waals surface area (Å²) in [5.41, 5.74) is 2.66. The third-order valence-corrected chi connectivity index (χ3v) is 6.32. The Kier molecular flexibility index (Phi) is 12.5. The molecule has 1 aliphatic carbocycles. The fourth-order valence-corrected chi connectivity index (χ4v) is 4.40. The normalized spacial score (nSPS) is 12.9. The molecule has 0 spiro atoms. The van der Waals surface area contributed by atoms with Crippen molar-refractivity contribution in [1.82, 2.24) is 0 Å². The van der Waals surface area contributed by atoms with E-state index in [1.165, 1.54) is 83.5 Å². The molecule has 2 rings (SSSR count). The summed E-state index contributed by atoms with van der Waals surface area (Å²) < 4.78 is 0. The van der Waals surface area contributed by atoms with Crippen LogP contribution in [0.2, 0.25) is 0 Å². The van der Waals surface area contributed by atoms with Crippen LogP contribution in [0.5, 0.6) is 0 Å². The zero-order valence-corrected chi connectivity index (χ0v) is 19.3. The van der Waals surface area contributed by atoms with Crippen molar-refractivity contribution in [3.05, 3.63) is 29.3 Å². The Morgan fingerprint density at radius 1 is 0.767 bits per heavy atom. The minimum absolute atomic E-state index is 0.0649. The first-order valence-electron chi connectivity index (χ1n) is 12.7. The van der Waals surface area contributed by atoms with Crippen molar-refractivity contribution in [3.63, 3.8) is 0 Å². The standard InChI is InChI=1S/C27H43NO2/c1-2-3-4-5-6-7-8-9-10-11-12-13-14-15-16-17-27(30)28-24-20-18-23-19-21-26(29)25(23)22-24/h18,20,22H,2-17,19,21H2,1H3,(H,28,30). The van der Waals surface area contributed by atoms with Gasteiger partial charge in [0, 0.05) is 24.1 Å². The zero-order valence-electron chi connectivity index (χ0n) is 19.3. The van der Waals surface area contributed by atoms with Crippen molar-refractivity contribution in [2.75, 3.05) is 5.32 Å². The summed E-state index contributed by atoms with van der Waals surface area (Å²) in [6, 6.07) is 5.74. The maximum Gasteiger partial charge on any atom is 0.224 e. The number of Topliss-reactive ketones (excluding diaryl/α,β-unsaturated/α-hetero) is 1. The van der Waals surface area contributed by atoms with E-state index in [1.807, 2.05) is 18.2 Å². The van der Waals surface area contributed by atoms with Gasteiger partial charge in [-0.15, -0.1) is 0 Å². The molecule has 168 valence electrons. The number of ketones is 1. The molecule has 0 saturated carbocycles. The van der Waals surface area contributed by atoms with Crippen LogP contribution < -0.4 is 5.32 Å². The van der Waals surface area contributed by atoms with Crippen LogP contribution in [0, 0.1) is 0 Å². The zero-order chi connectivity index (χ0) is 21.4. The molecular formula is C27H43NO2. The fraction of sp³-hybridized carbons (Fsp3) is 0.704. The number of anilines is 1. The Morgan fingerprint density at radius 3 is 1.87 bits per heavy atom. The van der Waals surface area contributed by atoms with Crippen LogP contribution in [0.3, 0.4) is 0 Å². The highest BCUT2D eigenvalue weighted by molar-refractivity contribution is 6.02. The molecule has 1 amide bonds. The molecule has 0 radical (unpaired) electrons. The largest absolute Gasteiger partial charge is 0.326 e. The molecule has 3 heteroatoms. The van der Waals surface area contributed by atoms with Gasteiger partial charge in [-0.25, -0.2) is 0 Å². The molecule has 0 unspecified atom stereocenters. The van der Waals surface area contributed by atoms with E-state index in [0.717, 1.165) is 36.1 Å². The van der Waals surface area contributed by atoms with Gasteiger partial charge in [-0.2, -0.15) is 0 Å². The minimum Gasteiger partial charge on any atom is -0.326 e. The number of rotatable bonds is 17. The summed E-state index contributed by atoms with van der Waals surface area (Å²) in [5, 5.41) is 2.95. The van der Waals surface area contributed by atoms with E-state index in [1.54, 1.807) is 0 Å². The fourth-order valence-electron chi connectivity index (χ4n) is 4.40. The van der Waals surface area contributed by atoms with Gasteiger partial charge in [0.1, 0.15) is 0 Å². The molecule has 1 N–H and O–H groups in total. The SMILES string of the molecule is CCCCCCCCCCCCCCCCCC(=O)Nc1ccc2c(c1)C(=O)CC2. The summed E-state index contributed by atoms with van der Waals surface area (Å²) >= 11 is 0. The summed E-state index contributed by atoms with van der Waals surface area (Å²) in [6.45, 7) is 2.28. The minimum atomic E-state index is 0.0649. The highest BCUT2D eigenvalue weighted by Crippen LogP contribution is 2.25. The number of carbonyl (C=O) groups excluding carboxylic acids is 2. The van der Waals surface area contributed by atoms with E-state index in [4.69, 9.17) is 0 Å². The van der Waals surface area contributed by atoms with Gasteiger partial charge in [-0.05, 0) is 30.5 Å². The Bertz CT molecular complexity index is 638. The molecule has 30 heavy (non-hydrogen) atoms. The summed E-state index contributed by atoms with van der Waals surface area (Å²) in [6.07, 6.45) is 22.0. The molecule has 0 bridgehead atoms. The predicted octanol–water partition coefficient (Wildman–Crippen LogP) is 8.02. The number of aryl methyl sites for hydroxylation is 1. The van der Waals surface area contributed by atoms with Gasteiger partial charge in [0.15, 0.2) is 5.78 Å². The quantitative estimate of drug-likeness (QED) is 0.263. The molecule has 1 aromatic rings. The van der Waals surface area contributed by atoms with E-state index in [2.05, 4.69) is 12.2 Å². The third kappa shape index (κ3) is 9.91. The number of unbranched alkanes of at least 4 members (excludes halogenated alkanes) is 14. The lowest BCUT2D eigenvalue weighted by molar-refractivity contribution is -0.116. The maximum absolute atomic E-state index is 12.1. The number of hydrogen-bond acceptors (Lipinski definition) is 2. The van der Waals surface area contributed by atoms with Gasteiger partial charge < -0.3 is 5.32 Å². The van der Waals surface area contributed by atoms with Crippen molar-refractivity contribution in [2.45, 2.75) is 122 Å². The molecule has 1 aromatic carbocycles. The van der Waals surface area contributed by atoms with Crippen LogP contribution in [-0.4, -0.2) is 11.7 Å². The Labute approximate surface area is 184 Å². The van der Waals surface area contributed by atoms with Crippen LogP contribution in [0.15, 0.2) is 18.2 Å². The Morgan fingerprint density at radius 2 is 1.30 bits per heavy atom. The first-order chi connectivity index (χ1) is 14.7. The van der Waals surface area contributed by atoms with Gasteiger partial charge >= 0.3 is 0 Å². The molecule has 1 aliphatic rings. The molecule has 3 nitrogen and oxygen atoms in total. The van der Waals surface area contributed by atoms with Gasteiger partial charge in [-0.3, -0.25) is 9.59 Å². The molecular weight excluding hydrogens is 370 g/mol. The third-order valence-electron chi connectivity index (χ3n) is 6.32. The van der Waals surface area contributed by atoms with Crippen LogP contribution in [0.1, 0.15) is 132 Å².